The van der Waals surface area contributed by atoms with Gasteiger partial charge in [-0.1, -0.05) is 92.5 Å². The van der Waals surface area contributed by atoms with Gasteiger partial charge in [-0.15, -0.1) is 0 Å². The standard InChI is InChI=1S/C33H43BN2O3/c1-4-6-21-36-22-25-38-34(36,39-26-23-36)30-16-12-28(13-17-30)33(32(5-2)27-10-8-7-9-11-27)29-14-18-31(19-15-29)37-24-20-35-3/h7-19,35H,4-6,20-26H2,1-3H3/b33-32-. The number of ether oxygens (including phenoxy) is 1. The fourth-order valence-electron chi connectivity index (χ4n) is 6.54. The maximum absolute atomic E-state index is 6.51. The van der Waals surface area contributed by atoms with Crippen LogP contribution in [0.1, 0.15) is 49.8 Å². The highest BCUT2D eigenvalue weighted by atomic mass is 16.6. The summed E-state index contributed by atoms with van der Waals surface area (Å²) in [7, 11) is 1.94. The first-order valence-corrected chi connectivity index (χ1v) is 14.7. The largest absolute Gasteiger partial charge is 0.505 e. The summed E-state index contributed by atoms with van der Waals surface area (Å²) in [5, 5.41) is 3.13. The zero-order valence-electron chi connectivity index (χ0n) is 23.8. The van der Waals surface area contributed by atoms with E-state index in [1.165, 1.54) is 46.1 Å². The van der Waals surface area contributed by atoms with Gasteiger partial charge in [0.05, 0.1) is 26.3 Å². The molecule has 5 rings (SSSR count). The third kappa shape index (κ3) is 5.44. The minimum Gasteiger partial charge on any atom is -0.505 e. The average molecular weight is 527 g/mol. The summed E-state index contributed by atoms with van der Waals surface area (Å²) in [6.45, 7) is 9.23. The van der Waals surface area contributed by atoms with Crippen molar-refractivity contribution in [2.45, 2.75) is 33.1 Å². The summed E-state index contributed by atoms with van der Waals surface area (Å²) >= 11 is 0. The second-order valence-corrected chi connectivity index (χ2v) is 10.8. The maximum Gasteiger partial charge on any atom is 0.502 e. The molecule has 1 N–H and O–H groups in total. The molecule has 0 unspecified atom stereocenters. The van der Waals surface area contributed by atoms with Crippen LogP contribution in [0, 0.1) is 0 Å². The Morgan fingerprint density at radius 1 is 0.846 bits per heavy atom. The van der Waals surface area contributed by atoms with Gasteiger partial charge in [0.2, 0.25) is 0 Å². The molecule has 5 nitrogen and oxygen atoms in total. The molecule has 206 valence electrons. The number of benzene rings is 3. The van der Waals surface area contributed by atoms with Gasteiger partial charge in [-0.2, -0.15) is 0 Å². The minimum atomic E-state index is -1.50. The molecule has 2 saturated heterocycles. The van der Waals surface area contributed by atoms with E-state index in [4.69, 9.17) is 14.0 Å². The Balaban J connectivity index is 1.53. The lowest BCUT2D eigenvalue weighted by Crippen LogP contribution is -2.69. The van der Waals surface area contributed by atoms with Gasteiger partial charge in [-0.3, -0.25) is 0 Å². The van der Waals surface area contributed by atoms with Crippen LogP contribution in [-0.2, 0) is 9.31 Å². The van der Waals surface area contributed by atoms with Crippen LogP contribution >= 0.6 is 0 Å². The van der Waals surface area contributed by atoms with Crippen molar-refractivity contribution in [3.8, 4) is 5.75 Å². The van der Waals surface area contributed by atoms with E-state index in [1.54, 1.807) is 0 Å². The van der Waals surface area contributed by atoms with Crippen molar-refractivity contribution < 1.29 is 18.4 Å². The Morgan fingerprint density at radius 2 is 1.49 bits per heavy atom. The number of rotatable bonds is 12. The number of hydrogen-bond donors (Lipinski definition) is 1. The van der Waals surface area contributed by atoms with Crippen molar-refractivity contribution >= 4 is 23.3 Å². The van der Waals surface area contributed by atoms with Crippen molar-refractivity contribution in [3.05, 3.63) is 95.6 Å². The van der Waals surface area contributed by atoms with Gasteiger partial charge < -0.3 is 23.8 Å². The highest BCUT2D eigenvalue weighted by Crippen LogP contribution is 2.37. The van der Waals surface area contributed by atoms with E-state index >= 15 is 0 Å². The molecule has 2 fully saturated rings. The van der Waals surface area contributed by atoms with Gasteiger partial charge in [-0.25, -0.2) is 0 Å². The van der Waals surface area contributed by atoms with Gasteiger partial charge >= 0.3 is 6.69 Å². The quantitative estimate of drug-likeness (QED) is 0.193. The minimum absolute atomic E-state index is 0.649. The second-order valence-electron chi connectivity index (χ2n) is 10.8. The monoisotopic (exact) mass is 526 g/mol. The molecule has 3 aromatic carbocycles. The molecule has 0 bridgehead atoms. The Labute approximate surface area is 234 Å². The maximum atomic E-state index is 6.51. The Hall–Kier alpha value is -2.90. The van der Waals surface area contributed by atoms with Crippen LogP contribution in [0.3, 0.4) is 0 Å². The Kier molecular flexibility index (Phi) is 8.88. The van der Waals surface area contributed by atoms with Crippen molar-refractivity contribution in [1.82, 2.24) is 5.32 Å². The van der Waals surface area contributed by atoms with E-state index in [1.807, 2.05) is 7.05 Å². The number of likely N-dealkylation sites (N-methyl/N-ethyl adjacent to an activating group) is 1. The van der Waals surface area contributed by atoms with Crippen LogP contribution in [0.25, 0.3) is 11.1 Å². The number of quaternary nitrogens is 1. The summed E-state index contributed by atoms with van der Waals surface area (Å²) in [5.74, 6) is 0.890. The van der Waals surface area contributed by atoms with Crippen molar-refractivity contribution in [2.75, 3.05) is 53.0 Å². The summed E-state index contributed by atoms with van der Waals surface area (Å²) in [6.07, 6.45) is 3.32. The van der Waals surface area contributed by atoms with Crippen molar-refractivity contribution in [1.29, 1.82) is 0 Å². The fourth-order valence-corrected chi connectivity index (χ4v) is 6.54. The molecule has 0 amide bonds. The number of nitrogens with one attached hydrogen (secondary N) is 1. The van der Waals surface area contributed by atoms with Gasteiger partial charge in [0.15, 0.2) is 0 Å². The van der Waals surface area contributed by atoms with Crippen LogP contribution in [0.15, 0.2) is 78.9 Å². The van der Waals surface area contributed by atoms with E-state index in [-0.39, 0.29) is 0 Å². The number of fused-ring (bicyclic) bond motifs is 1. The molecule has 39 heavy (non-hydrogen) atoms. The molecule has 0 spiro atoms. The van der Waals surface area contributed by atoms with Crippen molar-refractivity contribution in [2.24, 2.45) is 0 Å². The first-order valence-electron chi connectivity index (χ1n) is 14.7. The van der Waals surface area contributed by atoms with Crippen LogP contribution in [0.2, 0.25) is 0 Å². The Morgan fingerprint density at radius 3 is 2.08 bits per heavy atom. The number of nitrogens with zero attached hydrogens (tertiary/aromatic N) is 1. The molecular formula is C33H43BN2O3. The van der Waals surface area contributed by atoms with Crippen molar-refractivity contribution in [3.63, 3.8) is 0 Å². The lowest BCUT2D eigenvalue weighted by Gasteiger charge is -2.47. The number of hydrogen-bond acceptors (Lipinski definition) is 4. The molecule has 3 aromatic rings. The van der Waals surface area contributed by atoms with E-state index in [9.17, 15) is 0 Å². The van der Waals surface area contributed by atoms with Gasteiger partial charge in [0, 0.05) is 13.1 Å². The number of allylic oxidation sites excluding steroid dienone is 1. The summed E-state index contributed by atoms with van der Waals surface area (Å²) in [6, 6.07) is 28.3. The molecule has 2 heterocycles. The van der Waals surface area contributed by atoms with E-state index < -0.39 is 6.69 Å². The van der Waals surface area contributed by atoms with Gasteiger partial charge in [0.1, 0.15) is 12.4 Å². The molecule has 0 atom stereocenters. The topological polar surface area (TPSA) is 39.7 Å². The molecule has 2 aliphatic rings. The molecular weight excluding hydrogens is 483 g/mol. The molecule has 0 saturated carbocycles. The predicted molar refractivity (Wildman–Crippen MR) is 162 cm³/mol. The summed E-state index contributed by atoms with van der Waals surface area (Å²) in [5.41, 5.74) is 7.43. The highest BCUT2D eigenvalue weighted by molar-refractivity contribution is 6.75. The van der Waals surface area contributed by atoms with Crippen LogP contribution in [-0.4, -0.2) is 64.1 Å². The predicted octanol–water partition coefficient (Wildman–Crippen LogP) is 5.48. The zero-order chi connectivity index (χ0) is 27.1. The summed E-state index contributed by atoms with van der Waals surface area (Å²) < 4.78 is 19.9. The van der Waals surface area contributed by atoms with E-state index in [0.717, 1.165) is 56.0 Å². The fraction of sp³-hybridized carbons (Fsp3) is 0.394. The lowest BCUT2D eigenvalue weighted by atomic mass is 9.60. The zero-order valence-corrected chi connectivity index (χ0v) is 23.8. The van der Waals surface area contributed by atoms with E-state index in [2.05, 4.69) is 98.0 Å². The molecule has 0 radical (unpaired) electrons. The number of unbranched alkanes of at least 4 members (excludes halogenated alkanes) is 1. The third-order valence-electron chi connectivity index (χ3n) is 8.60. The SMILES string of the molecule is CCCC[N+]12CCO[B-]1(c1ccc(/C(=C(\CC)c3ccccc3)c3ccc(OCCNC)cc3)cc1)OCC2. The van der Waals surface area contributed by atoms with Gasteiger partial charge in [0.25, 0.3) is 0 Å². The third-order valence-corrected chi connectivity index (χ3v) is 8.60. The normalized spacial score (nSPS) is 22.9. The second kappa shape index (κ2) is 12.5. The smallest absolute Gasteiger partial charge is 0.502 e. The van der Waals surface area contributed by atoms with Crippen LogP contribution < -0.4 is 15.5 Å². The first kappa shape index (κ1) is 27.7. The van der Waals surface area contributed by atoms with Crippen LogP contribution in [0.4, 0.5) is 0 Å². The molecule has 0 aliphatic carbocycles. The van der Waals surface area contributed by atoms with E-state index in [0.29, 0.717) is 6.61 Å². The van der Waals surface area contributed by atoms with Gasteiger partial charge in [-0.05, 0) is 59.9 Å². The Bertz CT molecular complexity index is 1230. The summed E-state index contributed by atoms with van der Waals surface area (Å²) in [4.78, 5) is 0. The molecule has 2 aliphatic heterocycles. The van der Waals surface area contributed by atoms with Crippen LogP contribution in [0.5, 0.6) is 5.75 Å². The lowest BCUT2D eigenvalue weighted by molar-refractivity contribution is -0.820. The molecule has 6 heteroatoms. The highest BCUT2D eigenvalue weighted by Gasteiger charge is 2.58. The average Bonchev–Trinajstić information content (AvgIpc) is 3.52. The molecule has 0 aromatic heterocycles. The first-order chi connectivity index (χ1) is 19.2.